The summed E-state index contributed by atoms with van der Waals surface area (Å²) < 4.78 is 10.2. The van der Waals surface area contributed by atoms with Gasteiger partial charge in [-0.2, -0.15) is 0 Å². The van der Waals surface area contributed by atoms with Gasteiger partial charge in [0.05, 0.1) is 0 Å². The van der Waals surface area contributed by atoms with Gasteiger partial charge in [0.2, 0.25) is 5.91 Å². The van der Waals surface area contributed by atoms with Gasteiger partial charge in [-0.1, -0.05) is 12.1 Å². The number of ether oxygens (including phenoxy) is 1. The quantitative estimate of drug-likeness (QED) is 0.793. The molecule has 1 aromatic carbocycles. The minimum Gasteiger partial charge on any atom is -0.423 e. The van der Waals surface area contributed by atoms with Crippen molar-refractivity contribution in [3.63, 3.8) is 0 Å². The summed E-state index contributed by atoms with van der Waals surface area (Å²) >= 11 is 0. The van der Waals surface area contributed by atoms with Gasteiger partial charge >= 0.3 is 5.63 Å². The van der Waals surface area contributed by atoms with Gasteiger partial charge in [0.15, 0.2) is 0 Å². The van der Waals surface area contributed by atoms with Crippen LogP contribution in [-0.4, -0.2) is 55.6 Å². The predicted octanol–water partition coefficient (Wildman–Crippen LogP) is 1.39. The molecule has 0 spiro atoms. The molecular formula is C18H22N2O4. The molecule has 1 aromatic heterocycles. The third kappa shape index (κ3) is 3.66. The van der Waals surface area contributed by atoms with Crippen molar-refractivity contribution in [2.45, 2.75) is 13.5 Å². The summed E-state index contributed by atoms with van der Waals surface area (Å²) in [5, 5.41) is 0.970. The van der Waals surface area contributed by atoms with E-state index in [1.165, 1.54) is 7.11 Å². The lowest BCUT2D eigenvalue weighted by Crippen LogP contribution is -2.49. The molecule has 1 aliphatic heterocycles. The summed E-state index contributed by atoms with van der Waals surface area (Å²) in [4.78, 5) is 27.7. The molecule has 3 rings (SSSR count). The zero-order valence-electron chi connectivity index (χ0n) is 14.1. The summed E-state index contributed by atoms with van der Waals surface area (Å²) in [7, 11) is 1.53. The monoisotopic (exact) mass is 330 g/mol. The lowest BCUT2D eigenvalue weighted by Gasteiger charge is -2.34. The van der Waals surface area contributed by atoms with Gasteiger partial charge in [0, 0.05) is 51.3 Å². The summed E-state index contributed by atoms with van der Waals surface area (Å²) in [6.07, 6.45) is 0. The van der Waals surface area contributed by atoms with E-state index in [9.17, 15) is 9.59 Å². The number of aryl methyl sites for hydroxylation is 1. The van der Waals surface area contributed by atoms with Crippen LogP contribution in [0.1, 0.15) is 11.1 Å². The number of fused-ring (bicyclic) bond motifs is 1. The van der Waals surface area contributed by atoms with Crippen molar-refractivity contribution in [1.29, 1.82) is 0 Å². The molecule has 1 fully saturated rings. The Hall–Kier alpha value is -2.18. The van der Waals surface area contributed by atoms with E-state index in [2.05, 4.69) is 4.90 Å². The number of carbonyl (C=O) groups is 1. The first-order valence-corrected chi connectivity index (χ1v) is 8.09. The van der Waals surface area contributed by atoms with Crippen LogP contribution in [0.15, 0.2) is 33.5 Å². The Balaban J connectivity index is 1.72. The molecule has 1 aliphatic rings. The summed E-state index contributed by atoms with van der Waals surface area (Å²) in [5.41, 5.74) is 2.34. The van der Waals surface area contributed by atoms with Crippen molar-refractivity contribution in [2.24, 2.45) is 0 Å². The highest BCUT2D eigenvalue weighted by atomic mass is 16.5. The molecule has 2 aromatic rings. The van der Waals surface area contributed by atoms with Gasteiger partial charge < -0.3 is 14.1 Å². The molecule has 1 saturated heterocycles. The number of rotatable bonds is 4. The van der Waals surface area contributed by atoms with E-state index in [1.54, 1.807) is 6.07 Å². The van der Waals surface area contributed by atoms with Crippen molar-refractivity contribution < 1.29 is 13.9 Å². The first kappa shape index (κ1) is 16.7. The summed E-state index contributed by atoms with van der Waals surface area (Å²) in [6, 6.07) is 7.48. The van der Waals surface area contributed by atoms with E-state index in [4.69, 9.17) is 9.15 Å². The van der Waals surface area contributed by atoms with Crippen LogP contribution in [0.25, 0.3) is 11.0 Å². The maximum absolute atomic E-state index is 11.8. The van der Waals surface area contributed by atoms with Crippen molar-refractivity contribution in [1.82, 2.24) is 9.80 Å². The van der Waals surface area contributed by atoms with Crippen molar-refractivity contribution in [2.75, 3.05) is 39.9 Å². The standard InChI is InChI=1S/C18H22N2O4/c1-13-3-4-15-14(10-18(22)24-16(15)9-13)11-19-5-7-20(8-6-19)17(21)12-23-2/h3-4,9-10H,5-8,11-12H2,1-2H3. The highest BCUT2D eigenvalue weighted by Gasteiger charge is 2.21. The smallest absolute Gasteiger partial charge is 0.336 e. The second-order valence-corrected chi connectivity index (χ2v) is 6.18. The number of nitrogens with zero attached hydrogens (tertiary/aromatic N) is 2. The summed E-state index contributed by atoms with van der Waals surface area (Å²) in [5.74, 6) is 0.0263. The molecule has 0 saturated carbocycles. The molecule has 2 heterocycles. The lowest BCUT2D eigenvalue weighted by molar-refractivity contribution is -0.136. The minimum atomic E-state index is -0.322. The molecule has 24 heavy (non-hydrogen) atoms. The average Bonchev–Trinajstić information content (AvgIpc) is 2.55. The molecule has 0 atom stereocenters. The van der Waals surface area contributed by atoms with Gasteiger partial charge in [-0.05, 0) is 24.1 Å². The highest BCUT2D eigenvalue weighted by Crippen LogP contribution is 2.20. The third-order valence-electron chi connectivity index (χ3n) is 4.37. The first-order valence-electron chi connectivity index (χ1n) is 8.09. The SMILES string of the molecule is COCC(=O)N1CCN(Cc2cc(=O)oc3cc(C)ccc23)CC1. The topological polar surface area (TPSA) is 63.0 Å². The molecule has 0 unspecified atom stereocenters. The van der Waals surface area contributed by atoms with Crippen LogP contribution in [0, 0.1) is 6.92 Å². The van der Waals surface area contributed by atoms with Gasteiger partial charge in [-0.15, -0.1) is 0 Å². The average molecular weight is 330 g/mol. The van der Waals surface area contributed by atoms with Crippen LogP contribution in [0.2, 0.25) is 0 Å². The minimum absolute atomic E-state index is 0.0263. The largest absolute Gasteiger partial charge is 0.423 e. The number of carbonyl (C=O) groups excluding carboxylic acids is 1. The van der Waals surface area contributed by atoms with E-state index >= 15 is 0 Å². The van der Waals surface area contributed by atoms with Crippen molar-refractivity contribution >= 4 is 16.9 Å². The Morgan fingerprint density at radius 3 is 2.67 bits per heavy atom. The number of methoxy groups -OCH3 is 1. The van der Waals surface area contributed by atoms with Crippen LogP contribution >= 0.6 is 0 Å². The normalized spacial score (nSPS) is 15.8. The number of benzene rings is 1. The second kappa shape index (κ2) is 7.15. The van der Waals surface area contributed by atoms with Gasteiger partial charge in [-0.3, -0.25) is 9.69 Å². The fourth-order valence-corrected chi connectivity index (χ4v) is 3.08. The molecule has 128 valence electrons. The number of hydrogen-bond donors (Lipinski definition) is 0. The van der Waals surface area contributed by atoms with Gasteiger partial charge in [0.1, 0.15) is 12.2 Å². The van der Waals surface area contributed by atoms with E-state index in [0.29, 0.717) is 25.2 Å². The summed E-state index contributed by atoms with van der Waals surface area (Å²) in [6.45, 7) is 5.71. The zero-order chi connectivity index (χ0) is 17.1. The second-order valence-electron chi connectivity index (χ2n) is 6.18. The Kier molecular flexibility index (Phi) is 4.97. The van der Waals surface area contributed by atoms with E-state index in [1.807, 2.05) is 30.0 Å². The maximum atomic E-state index is 11.8. The zero-order valence-corrected chi connectivity index (χ0v) is 14.1. The predicted molar refractivity (Wildman–Crippen MR) is 91.0 cm³/mol. The van der Waals surface area contributed by atoms with Crippen LogP contribution < -0.4 is 5.63 Å². The molecule has 0 radical (unpaired) electrons. The molecule has 6 nitrogen and oxygen atoms in total. The first-order chi connectivity index (χ1) is 11.6. The van der Waals surface area contributed by atoms with Gasteiger partial charge in [-0.25, -0.2) is 4.79 Å². The molecule has 0 bridgehead atoms. The van der Waals surface area contributed by atoms with Crippen molar-refractivity contribution in [3.05, 3.63) is 45.8 Å². The van der Waals surface area contributed by atoms with Crippen LogP contribution in [0.4, 0.5) is 0 Å². The Morgan fingerprint density at radius 2 is 1.96 bits per heavy atom. The molecule has 6 heteroatoms. The number of amides is 1. The van der Waals surface area contributed by atoms with Crippen LogP contribution in [0.5, 0.6) is 0 Å². The Bertz CT molecular complexity index is 791. The van der Waals surface area contributed by atoms with Crippen molar-refractivity contribution in [3.8, 4) is 0 Å². The third-order valence-corrected chi connectivity index (χ3v) is 4.37. The molecule has 0 aliphatic carbocycles. The molecule has 0 N–H and O–H groups in total. The molecular weight excluding hydrogens is 308 g/mol. The molecule has 1 amide bonds. The van der Waals surface area contributed by atoms with E-state index in [0.717, 1.165) is 29.6 Å². The van der Waals surface area contributed by atoms with Gasteiger partial charge in [0.25, 0.3) is 0 Å². The fourth-order valence-electron chi connectivity index (χ4n) is 3.08. The Labute approximate surface area is 140 Å². The number of hydrogen-bond acceptors (Lipinski definition) is 5. The fraction of sp³-hybridized carbons (Fsp3) is 0.444. The highest BCUT2D eigenvalue weighted by molar-refractivity contribution is 5.80. The van der Waals surface area contributed by atoms with Crippen LogP contribution in [-0.2, 0) is 16.1 Å². The van der Waals surface area contributed by atoms with E-state index < -0.39 is 0 Å². The Morgan fingerprint density at radius 1 is 1.21 bits per heavy atom. The van der Waals surface area contributed by atoms with Crippen LogP contribution in [0.3, 0.4) is 0 Å². The maximum Gasteiger partial charge on any atom is 0.336 e. The van der Waals surface area contributed by atoms with E-state index in [-0.39, 0.29) is 18.1 Å². The lowest BCUT2D eigenvalue weighted by atomic mass is 10.1. The number of piperazine rings is 1.